The predicted octanol–water partition coefficient (Wildman–Crippen LogP) is 1.44. The van der Waals surface area contributed by atoms with Crippen LogP contribution in [0.15, 0.2) is 16.9 Å². The van der Waals surface area contributed by atoms with Crippen molar-refractivity contribution in [1.82, 2.24) is 9.78 Å². The van der Waals surface area contributed by atoms with Crippen molar-refractivity contribution in [2.24, 2.45) is 5.73 Å². The van der Waals surface area contributed by atoms with Gasteiger partial charge in [-0.3, -0.25) is 4.68 Å². The Labute approximate surface area is 89.3 Å². The normalized spacial score (nSPS) is 25.5. The minimum atomic E-state index is -0.699. The lowest BCUT2D eigenvalue weighted by atomic mass is 9.89. The molecule has 1 heterocycles. The zero-order chi connectivity index (χ0) is 10.1. The Morgan fingerprint density at radius 2 is 2.43 bits per heavy atom. The summed E-state index contributed by atoms with van der Waals surface area (Å²) in [6.45, 7) is 0. The van der Waals surface area contributed by atoms with E-state index in [0.717, 1.165) is 17.3 Å². The van der Waals surface area contributed by atoms with Crippen LogP contribution >= 0.6 is 15.9 Å². The highest BCUT2D eigenvalue weighted by Crippen LogP contribution is 2.34. The first-order valence-corrected chi connectivity index (χ1v) is 5.10. The fraction of sp³-hybridized carbons (Fsp3) is 0.500. The van der Waals surface area contributed by atoms with Crippen molar-refractivity contribution in [3.05, 3.63) is 16.9 Å². The van der Waals surface area contributed by atoms with Gasteiger partial charge in [-0.15, -0.1) is 0 Å². The number of nitrogens with two attached hydrogens (primary N) is 1. The molecule has 0 bridgehead atoms. The van der Waals surface area contributed by atoms with Crippen LogP contribution in [0.5, 0.6) is 0 Å². The van der Waals surface area contributed by atoms with Crippen LogP contribution in [0.3, 0.4) is 0 Å². The van der Waals surface area contributed by atoms with Crippen molar-refractivity contribution in [3.8, 4) is 0 Å². The molecule has 1 saturated carbocycles. The topological polar surface area (TPSA) is 70.1 Å². The molecule has 1 aliphatic rings. The van der Waals surface area contributed by atoms with Gasteiger partial charge in [0.15, 0.2) is 0 Å². The molecular formula is C8H10BrN3O2. The molecule has 1 aliphatic carbocycles. The number of hydrogen-bond donors (Lipinski definition) is 1. The summed E-state index contributed by atoms with van der Waals surface area (Å²) in [6.07, 6.45) is 4.48. The van der Waals surface area contributed by atoms with Gasteiger partial charge in [0.1, 0.15) is 6.10 Å². The molecule has 2 rings (SSSR count). The highest BCUT2D eigenvalue weighted by atomic mass is 79.9. The molecule has 76 valence electrons. The van der Waals surface area contributed by atoms with Crippen LogP contribution in [0, 0.1) is 0 Å². The zero-order valence-electron chi connectivity index (χ0n) is 7.39. The fourth-order valence-corrected chi connectivity index (χ4v) is 1.83. The summed E-state index contributed by atoms with van der Waals surface area (Å²) in [5, 5.41) is 4.15. The van der Waals surface area contributed by atoms with E-state index in [1.807, 2.05) is 10.9 Å². The Kier molecular flexibility index (Phi) is 2.45. The van der Waals surface area contributed by atoms with Crippen LogP contribution in [0.1, 0.15) is 18.9 Å². The number of amides is 1. The molecule has 0 unspecified atom stereocenters. The van der Waals surface area contributed by atoms with Gasteiger partial charge in [-0.25, -0.2) is 4.79 Å². The van der Waals surface area contributed by atoms with Gasteiger partial charge in [0.2, 0.25) is 0 Å². The molecule has 5 nitrogen and oxygen atoms in total. The van der Waals surface area contributed by atoms with E-state index in [-0.39, 0.29) is 6.10 Å². The Hall–Kier alpha value is -1.04. The molecule has 0 saturated heterocycles. The Morgan fingerprint density at radius 3 is 2.93 bits per heavy atom. The van der Waals surface area contributed by atoms with E-state index < -0.39 is 6.09 Å². The summed E-state index contributed by atoms with van der Waals surface area (Å²) in [5.74, 6) is 0. The number of aromatic nitrogens is 2. The highest BCUT2D eigenvalue weighted by molar-refractivity contribution is 9.10. The summed E-state index contributed by atoms with van der Waals surface area (Å²) < 4.78 is 7.65. The number of carbonyl (C=O) groups is 1. The SMILES string of the molecule is NC(=O)OC1CC(n2cc(Br)cn2)C1. The maximum Gasteiger partial charge on any atom is 0.404 e. The Balaban J connectivity index is 1.86. The molecule has 14 heavy (non-hydrogen) atoms. The van der Waals surface area contributed by atoms with Crippen LogP contribution in [-0.4, -0.2) is 22.0 Å². The third kappa shape index (κ3) is 1.89. The quantitative estimate of drug-likeness (QED) is 0.874. The molecule has 1 amide bonds. The van der Waals surface area contributed by atoms with Gasteiger partial charge in [-0.05, 0) is 15.9 Å². The second kappa shape index (κ2) is 3.61. The van der Waals surface area contributed by atoms with Crippen LogP contribution in [0.2, 0.25) is 0 Å². The van der Waals surface area contributed by atoms with E-state index in [4.69, 9.17) is 10.5 Å². The van der Waals surface area contributed by atoms with E-state index in [1.165, 1.54) is 0 Å². The average molecular weight is 260 g/mol. The monoisotopic (exact) mass is 259 g/mol. The number of rotatable bonds is 2. The third-order valence-corrected chi connectivity index (χ3v) is 2.71. The maximum atomic E-state index is 10.4. The average Bonchev–Trinajstić information content (AvgIpc) is 2.42. The van der Waals surface area contributed by atoms with Gasteiger partial charge in [0.05, 0.1) is 16.7 Å². The summed E-state index contributed by atoms with van der Waals surface area (Å²) in [5.41, 5.74) is 4.90. The largest absolute Gasteiger partial charge is 0.446 e. The van der Waals surface area contributed by atoms with Crippen LogP contribution in [0.4, 0.5) is 4.79 Å². The Morgan fingerprint density at radius 1 is 1.71 bits per heavy atom. The first kappa shape index (κ1) is 9.51. The third-order valence-electron chi connectivity index (χ3n) is 2.30. The fourth-order valence-electron chi connectivity index (χ4n) is 1.53. The molecule has 1 aromatic rings. The number of hydrogen-bond acceptors (Lipinski definition) is 3. The molecule has 1 aromatic heterocycles. The summed E-state index contributed by atoms with van der Waals surface area (Å²) >= 11 is 3.32. The van der Waals surface area contributed by atoms with Crippen LogP contribution < -0.4 is 5.73 Å². The van der Waals surface area contributed by atoms with Crippen molar-refractivity contribution < 1.29 is 9.53 Å². The molecular weight excluding hydrogens is 250 g/mol. The van der Waals surface area contributed by atoms with Gasteiger partial charge in [-0.1, -0.05) is 0 Å². The molecule has 2 N–H and O–H groups in total. The van der Waals surface area contributed by atoms with Crippen molar-refractivity contribution in [2.45, 2.75) is 25.0 Å². The second-order valence-electron chi connectivity index (χ2n) is 3.32. The summed E-state index contributed by atoms with van der Waals surface area (Å²) in [7, 11) is 0. The zero-order valence-corrected chi connectivity index (χ0v) is 8.98. The molecule has 0 spiro atoms. The number of halogens is 1. The van der Waals surface area contributed by atoms with Gasteiger partial charge in [0.25, 0.3) is 0 Å². The van der Waals surface area contributed by atoms with Crippen LogP contribution in [0.25, 0.3) is 0 Å². The van der Waals surface area contributed by atoms with Crippen molar-refractivity contribution in [1.29, 1.82) is 0 Å². The predicted molar refractivity (Wildman–Crippen MR) is 52.7 cm³/mol. The van der Waals surface area contributed by atoms with E-state index >= 15 is 0 Å². The van der Waals surface area contributed by atoms with Crippen molar-refractivity contribution in [2.75, 3.05) is 0 Å². The van der Waals surface area contributed by atoms with Gasteiger partial charge >= 0.3 is 6.09 Å². The minimum absolute atomic E-state index is 0.0412. The number of ether oxygens (including phenoxy) is 1. The Bertz CT molecular complexity index is 346. The molecule has 0 aromatic carbocycles. The molecule has 0 atom stereocenters. The second-order valence-corrected chi connectivity index (χ2v) is 4.24. The lowest BCUT2D eigenvalue weighted by Crippen LogP contribution is -2.36. The van der Waals surface area contributed by atoms with E-state index in [1.54, 1.807) is 6.20 Å². The first-order chi connectivity index (χ1) is 6.65. The van der Waals surface area contributed by atoms with Gasteiger partial charge < -0.3 is 10.5 Å². The maximum absolute atomic E-state index is 10.4. The molecule has 6 heteroatoms. The van der Waals surface area contributed by atoms with Crippen molar-refractivity contribution >= 4 is 22.0 Å². The van der Waals surface area contributed by atoms with Gasteiger partial charge in [0, 0.05) is 19.0 Å². The molecule has 0 aliphatic heterocycles. The number of nitrogens with zero attached hydrogens (tertiary/aromatic N) is 2. The lowest BCUT2D eigenvalue weighted by Gasteiger charge is -2.34. The van der Waals surface area contributed by atoms with Gasteiger partial charge in [-0.2, -0.15) is 5.10 Å². The molecule has 0 radical (unpaired) electrons. The number of primary amides is 1. The molecule has 1 fully saturated rings. The smallest absolute Gasteiger partial charge is 0.404 e. The highest BCUT2D eigenvalue weighted by Gasteiger charge is 2.33. The first-order valence-electron chi connectivity index (χ1n) is 4.31. The van der Waals surface area contributed by atoms with E-state index in [2.05, 4.69) is 21.0 Å². The summed E-state index contributed by atoms with van der Waals surface area (Å²) in [6, 6.07) is 0.325. The lowest BCUT2D eigenvalue weighted by molar-refractivity contribution is 0.0231. The van der Waals surface area contributed by atoms with Crippen LogP contribution in [-0.2, 0) is 4.74 Å². The van der Waals surface area contributed by atoms with Crippen molar-refractivity contribution in [3.63, 3.8) is 0 Å². The van der Waals surface area contributed by atoms with E-state index in [9.17, 15) is 4.79 Å². The number of carbonyl (C=O) groups excluding carboxylic acids is 1. The van der Waals surface area contributed by atoms with E-state index in [0.29, 0.717) is 6.04 Å². The summed E-state index contributed by atoms with van der Waals surface area (Å²) in [4.78, 5) is 10.4. The standard InChI is InChI=1S/C8H10BrN3O2/c9-5-3-11-12(4-5)6-1-7(2-6)14-8(10)13/h3-4,6-7H,1-2H2,(H2,10,13). The minimum Gasteiger partial charge on any atom is -0.446 e.